The van der Waals surface area contributed by atoms with Crippen LogP contribution in [-0.4, -0.2) is 23.3 Å². The Morgan fingerprint density at radius 3 is 2.82 bits per heavy atom. The third-order valence-corrected chi connectivity index (χ3v) is 4.09. The number of hydrogen-bond acceptors (Lipinski definition) is 3. The molecule has 0 unspecified atom stereocenters. The van der Waals surface area contributed by atoms with Crippen molar-refractivity contribution in [1.29, 1.82) is 0 Å². The van der Waals surface area contributed by atoms with Crippen LogP contribution in [0.5, 0.6) is 11.5 Å². The molecule has 0 radical (unpaired) electrons. The quantitative estimate of drug-likeness (QED) is 0.645. The van der Waals surface area contributed by atoms with Crippen molar-refractivity contribution in [1.82, 2.24) is 5.32 Å². The van der Waals surface area contributed by atoms with E-state index in [1.165, 1.54) is 12.0 Å². The van der Waals surface area contributed by atoms with Gasteiger partial charge in [-0.3, -0.25) is 0 Å². The lowest BCUT2D eigenvalue weighted by molar-refractivity contribution is 0.286. The Balaban J connectivity index is 0.00000108. The Hall–Kier alpha value is -0.740. The SMILES string of the molecule is Br.Oc1ccc2c(c1O)CC[C@H]1CCNC[C@@H]21. The highest BCUT2D eigenvalue weighted by Gasteiger charge is 2.33. The van der Waals surface area contributed by atoms with Gasteiger partial charge in [0.15, 0.2) is 11.5 Å². The molecule has 1 fully saturated rings. The van der Waals surface area contributed by atoms with Gasteiger partial charge in [-0.15, -0.1) is 17.0 Å². The minimum atomic E-state index is 0. The molecule has 1 saturated heterocycles. The van der Waals surface area contributed by atoms with Gasteiger partial charge in [0.05, 0.1) is 0 Å². The maximum Gasteiger partial charge on any atom is 0.160 e. The molecule has 0 aromatic heterocycles. The number of piperidine rings is 1. The van der Waals surface area contributed by atoms with Crippen molar-refractivity contribution in [2.75, 3.05) is 13.1 Å². The molecule has 1 aromatic carbocycles. The summed E-state index contributed by atoms with van der Waals surface area (Å²) < 4.78 is 0. The molecule has 2 aliphatic rings. The average Bonchev–Trinajstić information content (AvgIpc) is 2.33. The zero-order valence-electron chi connectivity index (χ0n) is 9.65. The summed E-state index contributed by atoms with van der Waals surface area (Å²) in [7, 11) is 0. The third kappa shape index (κ3) is 2.04. The largest absolute Gasteiger partial charge is 0.504 e. The predicted octanol–water partition coefficient (Wildman–Crippen LogP) is 2.31. The van der Waals surface area contributed by atoms with Gasteiger partial charge in [0, 0.05) is 12.1 Å². The second-order valence-electron chi connectivity index (χ2n) is 4.90. The van der Waals surface area contributed by atoms with Crippen molar-refractivity contribution >= 4 is 17.0 Å². The van der Waals surface area contributed by atoms with Gasteiger partial charge < -0.3 is 15.5 Å². The predicted molar refractivity (Wildman–Crippen MR) is 72.1 cm³/mol. The Morgan fingerprint density at radius 1 is 1.18 bits per heavy atom. The van der Waals surface area contributed by atoms with Crippen LogP contribution in [0.3, 0.4) is 0 Å². The molecule has 4 heteroatoms. The fraction of sp³-hybridized carbons (Fsp3) is 0.538. The summed E-state index contributed by atoms with van der Waals surface area (Å²) in [4.78, 5) is 0. The van der Waals surface area contributed by atoms with Crippen LogP contribution in [-0.2, 0) is 6.42 Å². The average molecular weight is 300 g/mol. The van der Waals surface area contributed by atoms with Gasteiger partial charge in [-0.05, 0) is 49.3 Å². The van der Waals surface area contributed by atoms with Crippen LogP contribution in [0.2, 0.25) is 0 Å². The lowest BCUT2D eigenvalue weighted by atomic mass is 9.72. The summed E-state index contributed by atoms with van der Waals surface area (Å²) in [6.07, 6.45) is 3.26. The van der Waals surface area contributed by atoms with Crippen LogP contribution < -0.4 is 5.32 Å². The maximum absolute atomic E-state index is 9.86. The van der Waals surface area contributed by atoms with Crippen LogP contribution >= 0.6 is 17.0 Å². The van der Waals surface area contributed by atoms with Crippen LogP contribution in [0.4, 0.5) is 0 Å². The second kappa shape index (κ2) is 4.86. The number of hydrogen-bond donors (Lipinski definition) is 3. The van der Waals surface area contributed by atoms with Gasteiger partial charge in [0.1, 0.15) is 0 Å². The fourth-order valence-corrected chi connectivity index (χ4v) is 3.20. The van der Waals surface area contributed by atoms with Gasteiger partial charge in [-0.2, -0.15) is 0 Å². The number of halogens is 1. The number of rotatable bonds is 0. The minimum absolute atomic E-state index is 0. The molecule has 1 aromatic rings. The normalized spacial score (nSPS) is 26.6. The molecule has 0 saturated carbocycles. The number of nitrogens with one attached hydrogen (secondary N) is 1. The molecule has 0 bridgehead atoms. The first kappa shape index (κ1) is 12.7. The summed E-state index contributed by atoms with van der Waals surface area (Å²) in [5.41, 5.74) is 2.20. The van der Waals surface area contributed by atoms with Gasteiger partial charge in [-0.1, -0.05) is 6.07 Å². The highest BCUT2D eigenvalue weighted by Crippen LogP contribution is 2.44. The van der Waals surface area contributed by atoms with Gasteiger partial charge in [0.2, 0.25) is 0 Å². The van der Waals surface area contributed by atoms with Gasteiger partial charge >= 0.3 is 0 Å². The summed E-state index contributed by atoms with van der Waals surface area (Å²) in [5.74, 6) is 1.38. The second-order valence-corrected chi connectivity index (χ2v) is 4.90. The van der Waals surface area contributed by atoms with Crippen molar-refractivity contribution in [2.45, 2.75) is 25.2 Å². The molecule has 17 heavy (non-hydrogen) atoms. The van der Waals surface area contributed by atoms with E-state index in [1.807, 2.05) is 6.07 Å². The van der Waals surface area contributed by atoms with Crippen LogP contribution in [0.15, 0.2) is 12.1 Å². The van der Waals surface area contributed by atoms with Crippen LogP contribution in [0.25, 0.3) is 0 Å². The standard InChI is InChI=1S/C13H17NO2.BrH/c15-12-4-3-9-10(13(12)16)2-1-8-5-6-14-7-11(8)9;/h3-4,8,11,14-16H,1-2,5-7H2;1H/t8-,11+;/m0./s1. The van der Waals surface area contributed by atoms with E-state index in [-0.39, 0.29) is 28.5 Å². The van der Waals surface area contributed by atoms with Crippen molar-refractivity contribution in [3.63, 3.8) is 0 Å². The van der Waals surface area contributed by atoms with E-state index >= 15 is 0 Å². The third-order valence-electron chi connectivity index (χ3n) is 4.09. The fourth-order valence-electron chi connectivity index (χ4n) is 3.20. The number of fused-ring (bicyclic) bond motifs is 3. The lowest BCUT2D eigenvalue weighted by Crippen LogP contribution is -2.37. The van der Waals surface area contributed by atoms with Crippen molar-refractivity contribution in [2.24, 2.45) is 5.92 Å². The lowest BCUT2D eigenvalue weighted by Gasteiger charge is -2.37. The maximum atomic E-state index is 9.86. The minimum Gasteiger partial charge on any atom is -0.504 e. The Bertz CT molecular complexity index is 422. The number of phenolic OH excluding ortho intramolecular Hbond substituents is 2. The van der Waals surface area contributed by atoms with Gasteiger partial charge in [-0.25, -0.2) is 0 Å². The first-order chi connectivity index (χ1) is 7.77. The molecule has 2 atom stereocenters. The van der Waals surface area contributed by atoms with Crippen LogP contribution in [0, 0.1) is 5.92 Å². The Morgan fingerprint density at radius 2 is 2.00 bits per heavy atom. The molecule has 3 nitrogen and oxygen atoms in total. The van der Waals surface area contributed by atoms with E-state index in [0.29, 0.717) is 5.92 Å². The molecular weight excluding hydrogens is 282 g/mol. The van der Waals surface area contributed by atoms with E-state index in [0.717, 1.165) is 37.4 Å². The summed E-state index contributed by atoms with van der Waals surface area (Å²) >= 11 is 0. The molecule has 1 heterocycles. The van der Waals surface area contributed by atoms with E-state index < -0.39 is 0 Å². The zero-order chi connectivity index (χ0) is 11.1. The summed E-state index contributed by atoms with van der Waals surface area (Å²) in [5, 5.41) is 22.8. The molecule has 0 amide bonds. The number of benzene rings is 1. The monoisotopic (exact) mass is 299 g/mol. The molecule has 1 aliphatic carbocycles. The number of phenols is 2. The summed E-state index contributed by atoms with van der Waals surface area (Å²) in [6.45, 7) is 2.11. The van der Waals surface area contributed by atoms with E-state index in [4.69, 9.17) is 0 Å². The molecule has 0 spiro atoms. The zero-order valence-corrected chi connectivity index (χ0v) is 11.4. The highest BCUT2D eigenvalue weighted by atomic mass is 79.9. The van der Waals surface area contributed by atoms with Crippen molar-refractivity contribution in [3.8, 4) is 11.5 Å². The first-order valence-corrected chi connectivity index (χ1v) is 6.02. The Labute approximate surface area is 112 Å². The molecule has 94 valence electrons. The van der Waals surface area contributed by atoms with E-state index in [1.54, 1.807) is 6.07 Å². The first-order valence-electron chi connectivity index (χ1n) is 6.02. The van der Waals surface area contributed by atoms with E-state index in [2.05, 4.69) is 5.32 Å². The molecular formula is C13H18BrNO2. The van der Waals surface area contributed by atoms with E-state index in [9.17, 15) is 10.2 Å². The molecule has 1 aliphatic heterocycles. The topological polar surface area (TPSA) is 52.5 Å². The van der Waals surface area contributed by atoms with Crippen LogP contribution in [0.1, 0.15) is 29.9 Å². The summed E-state index contributed by atoms with van der Waals surface area (Å²) in [6, 6.07) is 3.60. The number of aromatic hydroxyl groups is 2. The smallest absolute Gasteiger partial charge is 0.160 e. The van der Waals surface area contributed by atoms with Crippen molar-refractivity contribution in [3.05, 3.63) is 23.3 Å². The highest BCUT2D eigenvalue weighted by molar-refractivity contribution is 8.93. The molecule has 3 rings (SSSR count). The van der Waals surface area contributed by atoms with Crippen molar-refractivity contribution < 1.29 is 10.2 Å². The Kier molecular flexibility index (Phi) is 3.64. The van der Waals surface area contributed by atoms with Gasteiger partial charge in [0.25, 0.3) is 0 Å². The molecule has 3 N–H and O–H groups in total.